The molecule has 0 aliphatic carbocycles. The second kappa shape index (κ2) is 8.10. The molecule has 1 aromatic heterocycles. The summed E-state index contributed by atoms with van der Waals surface area (Å²) in [4.78, 5) is 16.6. The van der Waals surface area contributed by atoms with Crippen LogP contribution in [0.4, 0.5) is 5.69 Å². The van der Waals surface area contributed by atoms with Crippen molar-refractivity contribution in [2.75, 3.05) is 18.2 Å². The highest BCUT2D eigenvalue weighted by molar-refractivity contribution is 7.99. The van der Waals surface area contributed by atoms with Crippen LogP contribution in [0.2, 0.25) is 0 Å². The van der Waals surface area contributed by atoms with Gasteiger partial charge in [-0.05, 0) is 55.3 Å². The van der Waals surface area contributed by atoms with Gasteiger partial charge in [0, 0.05) is 18.1 Å². The Bertz CT molecular complexity index is 904. The van der Waals surface area contributed by atoms with Crippen molar-refractivity contribution in [3.63, 3.8) is 0 Å². The maximum Gasteiger partial charge on any atom is 0.234 e. The molecule has 0 radical (unpaired) electrons. The van der Waals surface area contributed by atoms with Crippen LogP contribution in [-0.4, -0.2) is 28.3 Å². The van der Waals surface area contributed by atoms with Gasteiger partial charge in [0.2, 0.25) is 5.91 Å². The Morgan fingerprint density at radius 1 is 1.19 bits per heavy atom. The SMILES string of the molecule is COc1ccc(NC(=O)CSc2nccn2-c2cccc(C)c2C)cc1. The Morgan fingerprint density at radius 2 is 1.96 bits per heavy atom. The molecule has 3 aromatic rings. The topological polar surface area (TPSA) is 56.1 Å². The number of ether oxygens (including phenoxy) is 1. The molecule has 0 bridgehead atoms. The Kier molecular flexibility index (Phi) is 5.63. The smallest absolute Gasteiger partial charge is 0.234 e. The van der Waals surface area contributed by atoms with Crippen molar-refractivity contribution in [1.82, 2.24) is 9.55 Å². The fourth-order valence-electron chi connectivity index (χ4n) is 2.58. The average Bonchev–Trinajstić information content (AvgIpc) is 3.11. The van der Waals surface area contributed by atoms with E-state index in [0.717, 1.165) is 22.3 Å². The molecule has 0 spiro atoms. The first kappa shape index (κ1) is 18.1. The number of nitrogens with one attached hydrogen (secondary N) is 1. The molecule has 3 rings (SSSR count). The lowest BCUT2D eigenvalue weighted by Gasteiger charge is -2.12. The Hall–Kier alpha value is -2.73. The summed E-state index contributed by atoms with van der Waals surface area (Å²) >= 11 is 1.41. The molecule has 26 heavy (non-hydrogen) atoms. The highest BCUT2D eigenvalue weighted by Crippen LogP contribution is 2.24. The molecular formula is C20H21N3O2S. The standard InChI is InChI=1S/C20H21N3O2S/c1-14-5-4-6-18(15(14)2)23-12-11-21-20(23)26-13-19(24)22-16-7-9-17(25-3)10-8-16/h4-12H,13H2,1-3H3,(H,22,24). The Balaban J connectivity index is 1.66. The maximum atomic E-state index is 12.2. The molecule has 0 fully saturated rings. The summed E-state index contributed by atoms with van der Waals surface area (Å²) in [6.07, 6.45) is 3.68. The molecule has 0 aliphatic rings. The third-order valence-electron chi connectivity index (χ3n) is 4.15. The lowest BCUT2D eigenvalue weighted by Crippen LogP contribution is -2.14. The van der Waals surface area contributed by atoms with Gasteiger partial charge in [-0.25, -0.2) is 4.98 Å². The van der Waals surface area contributed by atoms with E-state index < -0.39 is 0 Å². The van der Waals surface area contributed by atoms with Gasteiger partial charge in [-0.1, -0.05) is 23.9 Å². The number of methoxy groups -OCH3 is 1. The fraction of sp³-hybridized carbons (Fsp3) is 0.200. The number of hydrogen-bond acceptors (Lipinski definition) is 4. The maximum absolute atomic E-state index is 12.2. The number of carbonyl (C=O) groups is 1. The number of anilines is 1. The van der Waals surface area contributed by atoms with Crippen molar-refractivity contribution in [1.29, 1.82) is 0 Å². The number of hydrogen-bond donors (Lipinski definition) is 1. The largest absolute Gasteiger partial charge is 0.497 e. The predicted molar refractivity (Wildman–Crippen MR) is 105 cm³/mol. The second-order valence-electron chi connectivity index (χ2n) is 5.86. The summed E-state index contributed by atoms with van der Waals surface area (Å²) in [5.74, 6) is 0.970. The zero-order valence-corrected chi connectivity index (χ0v) is 15.8. The van der Waals surface area contributed by atoms with E-state index >= 15 is 0 Å². The molecule has 1 amide bonds. The number of aromatic nitrogens is 2. The summed E-state index contributed by atoms with van der Waals surface area (Å²) in [7, 11) is 1.61. The van der Waals surface area contributed by atoms with Crippen LogP contribution in [0, 0.1) is 13.8 Å². The van der Waals surface area contributed by atoms with Crippen LogP contribution in [0.25, 0.3) is 5.69 Å². The molecule has 0 saturated carbocycles. The molecule has 2 aromatic carbocycles. The molecule has 0 aliphatic heterocycles. The van der Waals surface area contributed by atoms with Crippen LogP contribution in [0.15, 0.2) is 60.0 Å². The summed E-state index contributed by atoms with van der Waals surface area (Å²) in [5.41, 5.74) is 4.26. The van der Waals surface area contributed by atoms with Crippen LogP contribution >= 0.6 is 11.8 Å². The number of rotatable bonds is 6. The normalized spacial score (nSPS) is 10.6. The van der Waals surface area contributed by atoms with Crippen molar-refractivity contribution >= 4 is 23.4 Å². The van der Waals surface area contributed by atoms with Gasteiger partial charge in [-0.3, -0.25) is 9.36 Å². The van der Waals surface area contributed by atoms with E-state index in [1.807, 2.05) is 41.1 Å². The zero-order chi connectivity index (χ0) is 18.5. The van der Waals surface area contributed by atoms with Crippen LogP contribution in [0.5, 0.6) is 5.75 Å². The number of amides is 1. The lowest BCUT2D eigenvalue weighted by atomic mass is 10.1. The molecule has 6 heteroatoms. The summed E-state index contributed by atoms with van der Waals surface area (Å²) in [6, 6.07) is 13.4. The summed E-state index contributed by atoms with van der Waals surface area (Å²) < 4.78 is 7.14. The zero-order valence-electron chi connectivity index (χ0n) is 15.0. The predicted octanol–water partition coefficient (Wildman–Crippen LogP) is 4.23. The minimum atomic E-state index is -0.0734. The molecule has 0 saturated heterocycles. The minimum absolute atomic E-state index is 0.0734. The number of benzene rings is 2. The van der Waals surface area contributed by atoms with E-state index in [1.165, 1.54) is 22.9 Å². The molecule has 134 valence electrons. The number of carbonyl (C=O) groups excluding carboxylic acids is 1. The van der Waals surface area contributed by atoms with Crippen molar-refractivity contribution in [2.45, 2.75) is 19.0 Å². The highest BCUT2D eigenvalue weighted by Gasteiger charge is 2.11. The van der Waals surface area contributed by atoms with E-state index in [-0.39, 0.29) is 11.7 Å². The molecule has 1 heterocycles. The van der Waals surface area contributed by atoms with Crippen LogP contribution in [0.3, 0.4) is 0 Å². The first-order valence-corrected chi connectivity index (χ1v) is 9.23. The van der Waals surface area contributed by atoms with E-state index in [1.54, 1.807) is 13.3 Å². The van der Waals surface area contributed by atoms with Gasteiger partial charge in [0.25, 0.3) is 0 Å². The van der Waals surface area contributed by atoms with E-state index in [2.05, 4.69) is 36.3 Å². The van der Waals surface area contributed by atoms with Gasteiger partial charge in [-0.2, -0.15) is 0 Å². The molecule has 5 nitrogen and oxygen atoms in total. The van der Waals surface area contributed by atoms with Crippen molar-refractivity contribution in [3.05, 3.63) is 66.0 Å². The number of thioether (sulfide) groups is 1. The summed E-state index contributed by atoms with van der Waals surface area (Å²) in [6.45, 7) is 4.18. The summed E-state index contributed by atoms with van der Waals surface area (Å²) in [5, 5.41) is 3.68. The highest BCUT2D eigenvalue weighted by atomic mass is 32.2. The first-order chi connectivity index (χ1) is 12.6. The molecular weight excluding hydrogens is 346 g/mol. The van der Waals surface area contributed by atoms with Gasteiger partial charge in [0.15, 0.2) is 5.16 Å². The monoisotopic (exact) mass is 367 g/mol. The number of imidazole rings is 1. The van der Waals surface area contributed by atoms with Crippen LogP contribution in [0.1, 0.15) is 11.1 Å². The quantitative estimate of drug-likeness (QED) is 0.663. The third-order valence-corrected chi connectivity index (χ3v) is 5.12. The van der Waals surface area contributed by atoms with Crippen LogP contribution in [-0.2, 0) is 4.79 Å². The van der Waals surface area contributed by atoms with Gasteiger partial charge in [0.05, 0.1) is 18.6 Å². The van der Waals surface area contributed by atoms with Gasteiger partial charge >= 0.3 is 0 Å². The second-order valence-corrected chi connectivity index (χ2v) is 6.81. The fourth-order valence-corrected chi connectivity index (χ4v) is 3.34. The van der Waals surface area contributed by atoms with Crippen LogP contribution < -0.4 is 10.1 Å². The minimum Gasteiger partial charge on any atom is -0.497 e. The Labute approximate surface area is 157 Å². The number of aryl methyl sites for hydroxylation is 1. The van der Waals surface area contributed by atoms with Crippen molar-refractivity contribution in [2.24, 2.45) is 0 Å². The molecule has 0 atom stereocenters. The van der Waals surface area contributed by atoms with E-state index in [0.29, 0.717) is 0 Å². The van der Waals surface area contributed by atoms with Crippen molar-refractivity contribution in [3.8, 4) is 11.4 Å². The molecule has 0 unspecified atom stereocenters. The molecule has 1 N–H and O–H groups in total. The average molecular weight is 367 g/mol. The first-order valence-electron chi connectivity index (χ1n) is 8.25. The lowest BCUT2D eigenvalue weighted by molar-refractivity contribution is -0.113. The van der Waals surface area contributed by atoms with E-state index in [9.17, 15) is 4.79 Å². The Morgan fingerprint density at radius 3 is 2.69 bits per heavy atom. The van der Waals surface area contributed by atoms with Crippen molar-refractivity contribution < 1.29 is 9.53 Å². The van der Waals surface area contributed by atoms with Gasteiger partial charge < -0.3 is 10.1 Å². The van der Waals surface area contributed by atoms with E-state index in [4.69, 9.17) is 4.74 Å². The van der Waals surface area contributed by atoms with Gasteiger partial charge in [0.1, 0.15) is 5.75 Å². The third kappa shape index (κ3) is 4.08. The van der Waals surface area contributed by atoms with Gasteiger partial charge in [-0.15, -0.1) is 0 Å². The number of nitrogens with zero attached hydrogens (tertiary/aromatic N) is 2.